The molecule has 11 aromatic rings. The fourth-order valence-corrected chi connectivity index (χ4v) is 9.22. The Balaban J connectivity index is 1.33. The van der Waals surface area contributed by atoms with E-state index in [4.69, 9.17) is 4.42 Å². The van der Waals surface area contributed by atoms with Crippen molar-refractivity contribution in [2.24, 2.45) is 0 Å². The first kappa shape index (κ1) is 27.6. The quantitative estimate of drug-likeness (QED) is 0.188. The SMILES string of the molecule is c1ccc(-n2c3ccccc3c3c(N(c4cccc5sc6ccccc6c45)c4cccc5ccc6c7ccccc7oc6c45)cccc32)cc1. The number of furan rings is 1. The summed E-state index contributed by atoms with van der Waals surface area (Å²) >= 11 is 1.85. The first-order chi connectivity index (χ1) is 24.8. The van der Waals surface area contributed by atoms with Crippen molar-refractivity contribution >= 4 is 103 Å². The molecule has 11 rings (SSSR count). The van der Waals surface area contributed by atoms with Crippen molar-refractivity contribution in [1.82, 2.24) is 4.57 Å². The van der Waals surface area contributed by atoms with Crippen molar-refractivity contribution in [2.45, 2.75) is 0 Å². The molecular weight excluding hydrogens is 629 g/mol. The highest BCUT2D eigenvalue weighted by molar-refractivity contribution is 7.26. The van der Waals surface area contributed by atoms with Crippen LogP contribution in [0.25, 0.3) is 80.4 Å². The average molecular weight is 657 g/mol. The Kier molecular flexibility index (Phi) is 5.83. The van der Waals surface area contributed by atoms with Crippen LogP contribution in [0.5, 0.6) is 0 Å². The Labute approximate surface area is 291 Å². The van der Waals surface area contributed by atoms with E-state index >= 15 is 0 Å². The van der Waals surface area contributed by atoms with Crippen LogP contribution in [-0.4, -0.2) is 4.57 Å². The lowest BCUT2D eigenvalue weighted by Gasteiger charge is -2.28. The van der Waals surface area contributed by atoms with E-state index in [9.17, 15) is 0 Å². The molecule has 234 valence electrons. The van der Waals surface area contributed by atoms with Crippen LogP contribution in [0.2, 0.25) is 0 Å². The van der Waals surface area contributed by atoms with Gasteiger partial charge < -0.3 is 13.9 Å². The lowest BCUT2D eigenvalue weighted by atomic mass is 10.0. The summed E-state index contributed by atoms with van der Waals surface area (Å²) in [4.78, 5) is 2.50. The van der Waals surface area contributed by atoms with E-state index < -0.39 is 0 Å². The second-order valence-corrected chi connectivity index (χ2v) is 13.9. The normalized spacial score (nSPS) is 12.0. The molecule has 0 amide bonds. The monoisotopic (exact) mass is 656 g/mol. The first-order valence-corrected chi connectivity index (χ1v) is 17.8. The van der Waals surface area contributed by atoms with Crippen LogP contribution in [0.4, 0.5) is 17.1 Å². The van der Waals surface area contributed by atoms with Crippen LogP contribution in [0, 0.1) is 0 Å². The van der Waals surface area contributed by atoms with Gasteiger partial charge in [-0.3, -0.25) is 0 Å². The van der Waals surface area contributed by atoms with E-state index in [1.165, 1.54) is 36.5 Å². The van der Waals surface area contributed by atoms with Gasteiger partial charge in [-0.05, 0) is 72.1 Å². The van der Waals surface area contributed by atoms with E-state index in [0.29, 0.717) is 0 Å². The fourth-order valence-electron chi connectivity index (χ4n) is 8.09. The van der Waals surface area contributed by atoms with Gasteiger partial charge in [0.25, 0.3) is 0 Å². The molecule has 0 unspecified atom stereocenters. The summed E-state index contributed by atoms with van der Waals surface area (Å²) in [5.41, 5.74) is 8.64. The van der Waals surface area contributed by atoms with Crippen molar-refractivity contribution in [3.8, 4) is 5.69 Å². The minimum atomic E-state index is 0.898. The first-order valence-electron chi connectivity index (χ1n) is 16.9. The van der Waals surface area contributed by atoms with E-state index in [0.717, 1.165) is 61.0 Å². The van der Waals surface area contributed by atoms with Gasteiger partial charge in [0.15, 0.2) is 0 Å². The summed E-state index contributed by atoms with van der Waals surface area (Å²) in [5, 5.41) is 9.43. The minimum absolute atomic E-state index is 0.898. The van der Waals surface area contributed by atoms with Gasteiger partial charge in [0.05, 0.1) is 28.1 Å². The van der Waals surface area contributed by atoms with Gasteiger partial charge >= 0.3 is 0 Å². The number of fused-ring (bicyclic) bond motifs is 11. The highest BCUT2D eigenvalue weighted by Gasteiger charge is 2.26. The standard InChI is InChI=1S/C46H28N2OS/c1-2-14-30(15-3-1)47-35-19-7-4-17-33(35)44-37(47)21-11-22-38(44)48(39-23-12-26-42-45(39)34-18-6-9-25-41(34)50-42)36-20-10-13-29-27-28-32-31-16-5-8-24-40(31)49-46(32)43(29)36/h1-28H. The number of hydrogen-bond acceptors (Lipinski definition) is 3. The van der Waals surface area contributed by atoms with E-state index in [1.807, 2.05) is 17.4 Å². The van der Waals surface area contributed by atoms with Gasteiger partial charge in [0.2, 0.25) is 0 Å². The summed E-state index contributed by atoms with van der Waals surface area (Å²) in [5.74, 6) is 0. The fraction of sp³-hybridized carbons (Fsp3) is 0. The molecule has 8 aromatic carbocycles. The van der Waals surface area contributed by atoms with Crippen LogP contribution in [0.1, 0.15) is 0 Å². The Morgan fingerprint density at radius 1 is 0.420 bits per heavy atom. The maximum atomic E-state index is 6.76. The molecule has 0 radical (unpaired) electrons. The molecule has 0 bridgehead atoms. The van der Waals surface area contributed by atoms with Gasteiger partial charge in [-0.2, -0.15) is 0 Å². The van der Waals surface area contributed by atoms with Crippen molar-refractivity contribution in [1.29, 1.82) is 0 Å². The minimum Gasteiger partial charge on any atom is -0.455 e. The zero-order valence-electron chi connectivity index (χ0n) is 26.9. The molecule has 3 heterocycles. The lowest BCUT2D eigenvalue weighted by molar-refractivity contribution is 0.672. The molecule has 0 fully saturated rings. The molecule has 0 saturated heterocycles. The summed E-state index contributed by atoms with van der Waals surface area (Å²) in [6.45, 7) is 0. The van der Waals surface area contributed by atoms with Crippen LogP contribution >= 0.6 is 11.3 Å². The molecule has 3 aromatic heterocycles. The van der Waals surface area contributed by atoms with Gasteiger partial charge in [-0.15, -0.1) is 11.3 Å². The second-order valence-electron chi connectivity index (χ2n) is 12.9. The largest absolute Gasteiger partial charge is 0.455 e. The third kappa shape index (κ3) is 3.85. The topological polar surface area (TPSA) is 21.3 Å². The van der Waals surface area contributed by atoms with Crippen LogP contribution in [-0.2, 0) is 0 Å². The predicted molar refractivity (Wildman–Crippen MR) is 213 cm³/mol. The van der Waals surface area contributed by atoms with E-state index in [2.05, 4.69) is 173 Å². The van der Waals surface area contributed by atoms with Gasteiger partial charge in [0.1, 0.15) is 11.2 Å². The van der Waals surface area contributed by atoms with Gasteiger partial charge in [-0.25, -0.2) is 0 Å². The van der Waals surface area contributed by atoms with Gasteiger partial charge in [0, 0.05) is 52.8 Å². The zero-order valence-corrected chi connectivity index (χ0v) is 27.7. The molecule has 3 nitrogen and oxygen atoms in total. The number of rotatable bonds is 4. The molecule has 0 aliphatic heterocycles. The number of para-hydroxylation sites is 3. The van der Waals surface area contributed by atoms with Gasteiger partial charge in [-0.1, -0.05) is 103 Å². The molecular formula is C46H28N2OS. The molecule has 50 heavy (non-hydrogen) atoms. The van der Waals surface area contributed by atoms with E-state index in [1.54, 1.807) is 0 Å². The Morgan fingerprint density at radius 3 is 1.94 bits per heavy atom. The molecule has 4 heteroatoms. The highest BCUT2D eigenvalue weighted by atomic mass is 32.1. The smallest absolute Gasteiger partial charge is 0.145 e. The molecule has 0 saturated carbocycles. The summed E-state index contributed by atoms with van der Waals surface area (Å²) in [6.07, 6.45) is 0. The van der Waals surface area contributed by atoms with Crippen molar-refractivity contribution < 1.29 is 4.42 Å². The summed E-state index contributed by atoms with van der Waals surface area (Å²) in [7, 11) is 0. The predicted octanol–water partition coefficient (Wildman–Crippen LogP) is 13.7. The molecule has 0 atom stereocenters. The van der Waals surface area contributed by atoms with Crippen LogP contribution < -0.4 is 4.90 Å². The highest BCUT2D eigenvalue weighted by Crippen LogP contribution is 2.51. The number of benzene rings is 8. The van der Waals surface area contributed by atoms with Crippen LogP contribution in [0.3, 0.4) is 0 Å². The average Bonchev–Trinajstić information content (AvgIpc) is 3.85. The third-order valence-electron chi connectivity index (χ3n) is 10.2. The van der Waals surface area contributed by atoms with Crippen molar-refractivity contribution in [3.63, 3.8) is 0 Å². The maximum absolute atomic E-state index is 6.76. The van der Waals surface area contributed by atoms with Crippen LogP contribution in [0.15, 0.2) is 174 Å². The molecule has 0 aliphatic carbocycles. The number of aromatic nitrogens is 1. The number of anilines is 3. The Hall–Kier alpha value is -6.36. The number of thiophene rings is 1. The lowest BCUT2D eigenvalue weighted by Crippen LogP contribution is -2.11. The Morgan fingerprint density at radius 2 is 1.06 bits per heavy atom. The van der Waals surface area contributed by atoms with Crippen molar-refractivity contribution in [3.05, 3.63) is 170 Å². The second kappa shape index (κ2) is 10.6. The van der Waals surface area contributed by atoms with Crippen molar-refractivity contribution in [2.75, 3.05) is 4.90 Å². The third-order valence-corrected chi connectivity index (χ3v) is 11.3. The molecule has 0 aliphatic rings. The van der Waals surface area contributed by atoms with E-state index in [-0.39, 0.29) is 0 Å². The summed E-state index contributed by atoms with van der Waals surface area (Å²) in [6, 6.07) is 61.2. The summed E-state index contributed by atoms with van der Waals surface area (Å²) < 4.78 is 11.7. The molecule has 0 spiro atoms. The molecule has 0 N–H and O–H groups in total. The number of hydrogen-bond donors (Lipinski definition) is 0. The maximum Gasteiger partial charge on any atom is 0.145 e. The zero-order chi connectivity index (χ0) is 32.8. The number of nitrogens with zero attached hydrogens (tertiary/aromatic N) is 2. The Bertz CT molecular complexity index is 3110.